The molecule has 0 heterocycles. The minimum Gasteiger partial charge on any atom is -0.224 e. The van der Waals surface area contributed by atoms with Gasteiger partial charge in [-0.25, -0.2) is 8.42 Å². The van der Waals surface area contributed by atoms with E-state index in [0.717, 1.165) is 12.8 Å². The molecule has 1 atom stereocenters. The summed E-state index contributed by atoms with van der Waals surface area (Å²) in [5.74, 6) is 0.640. The molecular formula is C15H22O2S. The van der Waals surface area contributed by atoms with Gasteiger partial charge in [-0.15, -0.1) is 0 Å². The molecule has 0 aliphatic heterocycles. The Hall–Kier alpha value is -1.09. The minimum atomic E-state index is -3.07. The van der Waals surface area contributed by atoms with Gasteiger partial charge >= 0.3 is 0 Å². The number of hydrogen-bond acceptors (Lipinski definition) is 2. The van der Waals surface area contributed by atoms with Crippen LogP contribution in [0, 0.1) is 5.92 Å². The number of rotatable bonds is 6. The smallest absolute Gasteiger partial charge is 0.178 e. The predicted octanol–water partition coefficient (Wildman–Crippen LogP) is 3.63. The lowest BCUT2D eigenvalue weighted by molar-refractivity contribution is 0.597. The first-order valence-electron chi connectivity index (χ1n) is 6.48. The van der Waals surface area contributed by atoms with Crippen LogP contribution >= 0.6 is 0 Å². The van der Waals surface area contributed by atoms with Crippen molar-refractivity contribution in [1.82, 2.24) is 0 Å². The first-order valence-corrected chi connectivity index (χ1v) is 8.13. The molecule has 1 aromatic rings. The van der Waals surface area contributed by atoms with Crippen molar-refractivity contribution in [2.75, 3.05) is 5.75 Å². The Kier molecular flexibility index (Phi) is 5.60. The molecule has 0 amide bonds. The molecule has 2 nitrogen and oxygen atoms in total. The highest BCUT2D eigenvalue weighted by atomic mass is 32.2. The fourth-order valence-corrected chi connectivity index (χ4v) is 2.69. The lowest BCUT2D eigenvalue weighted by atomic mass is 10.0. The highest BCUT2D eigenvalue weighted by Gasteiger charge is 2.10. The van der Waals surface area contributed by atoms with E-state index in [-0.39, 0.29) is 5.75 Å². The van der Waals surface area contributed by atoms with Crippen LogP contribution in [0.1, 0.15) is 32.8 Å². The topological polar surface area (TPSA) is 34.1 Å². The third-order valence-corrected chi connectivity index (χ3v) is 4.67. The average molecular weight is 266 g/mol. The Morgan fingerprint density at radius 1 is 1.17 bits per heavy atom. The van der Waals surface area contributed by atoms with Gasteiger partial charge in [-0.2, -0.15) is 0 Å². The highest BCUT2D eigenvalue weighted by molar-refractivity contribution is 7.91. The summed E-state index contributed by atoms with van der Waals surface area (Å²) in [5, 5.41) is 0. The van der Waals surface area contributed by atoms with Crippen molar-refractivity contribution in [2.24, 2.45) is 5.92 Å². The molecule has 3 heteroatoms. The Morgan fingerprint density at radius 2 is 1.78 bits per heavy atom. The largest absolute Gasteiger partial charge is 0.224 e. The van der Waals surface area contributed by atoms with Gasteiger partial charge in [0.15, 0.2) is 9.84 Å². The van der Waals surface area contributed by atoms with Crippen LogP contribution in [-0.4, -0.2) is 14.2 Å². The van der Waals surface area contributed by atoms with Gasteiger partial charge in [-0.05, 0) is 36.5 Å². The molecule has 0 aliphatic carbocycles. The molecule has 100 valence electrons. The van der Waals surface area contributed by atoms with Crippen LogP contribution in [0.2, 0.25) is 0 Å². The summed E-state index contributed by atoms with van der Waals surface area (Å²) in [5.41, 5.74) is 1.18. The van der Waals surface area contributed by atoms with Crippen LogP contribution in [0.25, 0.3) is 0 Å². The van der Waals surface area contributed by atoms with Crippen molar-refractivity contribution in [2.45, 2.75) is 38.5 Å². The molecule has 0 saturated carbocycles. The molecule has 18 heavy (non-hydrogen) atoms. The molecule has 1 aromatic carbocycles. The monoisotopic (exact) mass is 266 g/mol. The van der Waals surface area contributed by atoms with E-state index in [9.17, 15) is 8.42 Å². The summed E-state index contributed by atoms with van der Waals surface area (Å²) < 4.78 is 23.3. The molecule has 0 fully saturated rings. The van der Waals surface area contributed by atoms with Crippen molar-refractivity contribution in [1.29, 1.82) is 0 Å². The van der Waals surface area contributed by atoms with E-state index in [1.54, 1.807) is 19.1 Å². The first kappa shape index (κ1) is 15.0. The fraction of sp³-hybridized carbons (Fsp3) is 0.467. The maximum absolute atomic E-state index is 11.7. The summed E-state index contributed by atoms with van der Waals surface area (Å²) >= 11 is 0. The van der Waals surface area contributed by atoms with Crippen molar-refractivity contribution in [3.05, 3.63) is 42.0 Å². The molecule has 0 bridgehead atoms. The van der Waals surface area contributed by atoms with Crippen molar-refractivity contribution in [3.8, 4) is 0 Å². The maximum Gasteiger partial charge on any atom is 0.178 e. The van der Waals surface area contributed by atoms with Gasteiger partial charge in [0.2, 0.25) is 0 Å². The van der Waals surface area contributed by atoms with Crippen molar-refractivity contribution < 1.29 is 8.42 Å². The molecule has 1 rings (SSSR count). The molecule has 0 saturated heterocycles. The summed E-state index contributed by atoms with van der Waals surface area (Å²) in [6, 6.07) is 7.26. The lowest BCUT2D eigenvalue weighted by Crippen LogP contribution is -2.04. The quantitative estimate of drug-likeness (QED) is 0.737. The maximum atomic E-state index is 11.7. The summed E-state index contributed by atoms with van der Waals surface area (Å²) in [7, 11) is -3.07. The van der Waals surface area contributed by atoms with Crippen LogP contribution in [0.3, 0.4) is 0 Å². The third kappa shape index (κ3) is 4.30. The Labute approximate surface area is 111 Å². The van der Waals surface area contributed by atoms with Gasteiger partial charge in [0, 0.05) is 0 Å². The minimum absolute atomic E-state index is 0.155. The SMILES string of the molecule is CC/C=C\C(C)Cc1ccc(S(=O)(=O)CC)cc1. The first-order chi connectivity index (χ1) is 8.49. The second kappa shape index (κ2) is 6.74. The lowest BCUT2D eigenvalue weighted by Gasteiger charge is -2.07. The fourth-order valence-electron chi connectivity index (χ4n) is 1.81. The number of sulfone groups is 1. The zero-order valence-corrected chi connectivity index (χ0v) is 12.2. The van der Waals surface area contributed by atoms with Gasteiger partial charge in [-0.1, -0.05) is 45.1 Å². The van der Waals surface area contributed by atoms with E-state index < -0.39 is 9.84 Å². The molecule has 0 aliphatic rings. The van der Waals surface area contributed by atoms with Gasteiger partial charge < -0.3 is 0 Å². The Balaban J connectivity index is 2.75. The van der Waals surface area contributed by atoms with E-state index >= 15 is 0 Å². The van der Waals surface area contributed by atoms with Gasteiger partial charge in [-0.3, -0.25) is 0 Å². The summed E-state index contributed by atoms with van der Waals surface area (Å²) in [4.78, 5) is 0.422. The van der Waals surface area contributed by atoms with E-state index in [0.29, 0.717) is 10.8 Å². The van der Waals surface area contributed by atoms with Gasteiger partial charge in [0.1, 0.15) is 0 Å². The van der Waals surface area contributed by atoms with E-state index in [4.69, 9.17) is 0 Å². The normalized spacial score (nSPS) is 13.9. The molecule has 0 N–H and O–H groups in total. The third-order valence-electron chi connectivity index (χ3n) is 2.92. The average Bonchev–Trinajstić information content (AvgIpc) is 2.37. The predicted molar refractivity (Wildman–Crippen MR) is 76.5 cm³/mol. The number of benzene rings is 1. The van der Waals surface area contributed by atoms with Crippen LogP contribution in [0.15, 0.2) is 41.3 Å². The molecular weight excluding hydrogens is 244 g/mol. The zero-order valence-electron chi connectivity index (χ0n) is 11.4. The van der Waals surface area contributed by atoms with Crippen molar-refractivity contribution >= 4 is 9.84 Å². The van der Waals surface area contributed by atoms with Gasteiger partial charge in [0.25, 0.3) is 0 Å². The molecule has 0 aromatic heterocycles. The van der Waals surface area contributed by atoms with Gasteiger partial charge in [0.05, 0.1) is 10.6 Å². The highest BCUT2D eigenvalue weighted by Crippen LogP contribution is 2.15. The Morgan fingerprint density at radius 3 is 2.28 bits per heavy atom. The molecule has 1 unspecified atom stereocenters. The van der Waals surface area contributed by atoms with Crippen LogP contribution < -0.4 is 0 Å². The van der Waals surface area contributed by atoms with Crippen LogP contribution in [-0.2, 0) is 16.3 Å². The van der Waals surface area contributed by atoms with E-state index in [1.807, 2.05) is 12.1 Å². The zero-order chi connectivity index (χ0) is 13.6. The van der Waals surface area contributed by atoms with E-state index in [2.05, 4.69) is 26.0 Å². The standard InChI is InChI=1S/C15H22O2S/c1-4-6-7-13(3)12-14-8-10-15(11-9-14)18(16,17)5-2/h6-11,13H,4-5,12H2,1-3H3/b7-6-. The second-order valence-electron chi connectivity index (χ2n) is 4.57. The molecule has 0 radical (unpaired) electrons. The Bertz CT molecular complexity index is 484. The second-order valence-corrected chi connectivity index (χ2v) is 6.84. The number of hydrogen-bond donors (Lipinski definition) is 0. The van der Waals surface area contributed by atoms with Crippen LogP contribution in [0.4, 0.5) is 0 Å². The number of allylic oxidation sites excluding steroid dienone is 2. The summed E-state index contributed by atoms with van der Waals surface area (Å²) in [6.07, 6.45) is 6.37. The van der Waals surface area contributed by atoms with E-state index in [1.165, 1.54) is 5.56 Å². The van der Waals surface area contributed by atoms with Crippen LogP contribution in [0.5, 0.6) is 0 Å². The van der Waals surface area contributed by atoms with Crippen molar-refractivity contribution in [3.63, 3.8) is 0 Å². The summed E-state index contributed by atoms with van der Waals surface area (Å²) in [6.45, 7) is 5.96. The molecule has 0 spiro atoms.